The van der Waals surface area contributed by atoms with Gasteiger partial charge in [-0.15, -0.1) is 0 Å². The summed E-state index contributed by atoms with van der Waals surface area (Å²) in [5.41, 5.74) is 3.09. The van der Waals surface area contributed by atoms with Crippen LogP contribution < -0.4 is 0 Å². The van der Waals surface area contributed by atoms with Crippen molar-refractivity contribution in [2.24, 2.45) is 0 Å². The Bertz CT molecular complexity index is 711. The number of fused-ring (bicyclic) bond motifs is 1. The highest BCUT2D eigenvalue weighted by Gasteiger charge is 2.37. The predicted molar refractivity (Wildman–Crippen MR) is 77.2 cm³/mol. The largest absolute Gasteiger partial charge is 0.268 e. The molecule has 3 nitrogen and oxygen atoms in total. The summed E-state index contributed by atoms with van der Waals surface area (Å²) < 4.78 is 0. The van der Waals surface area contributed by atoms with Crippen molar-refractivity contribution in [3.05, 3.63) is 77.4 Å². The molecule has 0 atom stereocenters. The van der Waals surface area contributed by atoms with Crippen LogP contribution in [0.1, 0.15) is 31.8 Å². The average molecular weight is 263 g/mol. The molecule has 98 valence electrons. The van der Waals surface area contributed by atoms with E-state index in [0.29, 0.717) is 16.8 Å². The first-order valence-corrected chi connectivity index (χ1v) is 6.34. The number of nitrogens with zero attached hydrogens (tertiary/aromatic N) is 1. The molecule has 0 saturated carbocycles. The number of carbonyl (C=O) groups is 2. The third-order valence-corrected chi connectivity index (χ3v) is 3.52. The van der Waals surface area contributed by atoms with Gasteiger partial charge in [0, 0.05) is 5.56 Å². The zero-order valence-electron chi connectivity index (χ0n) is 11.1. The lowest BCUT2D eigenvalue weighted by atomic mass is 10.1. The van der Waals surface area contributed by atoms with Crippen LogP contribution in [0.4, 0.5) is 0 Å². The standard InChI is InChI=1S/C17H13NO2/c1-11-7-3-4-8-13(11)12(2)18-16(19)14-9-5-6-10-15(14)17(18)20/h3-10H,2H2,1H3. The number of hydrogen-bond donors (Lipinski definition) is 0. The summed E-state index contributed by atoms with van der Waals surface area (Å²) in [4.78, 5) is 25.9. The maximum Gasteiger partial charge on any atom is 0.266 e. The summed E-state index contributed by atoms with van der Waals surface area (Å²) in [6.07, 6.45) is 0. The average Bonchev–Trinajstić information content (AvgIpc) is 2.71. The molecule has 0 N–H and O–H groups in total. The molecule has 2 amide bonds. The third-order valence-electron chi connectivity index (χ3n) is 3.52. The molecule has 1 heterocycles. The van der Waals surface area contributed by atoms with Crippen molar-refractivity contribution in [2.45, 2.75) is 6.92 Å². The first-order valence-electron chi connectivity index (χ1n) is 6.34. The molecule has 1 aliphatic rings. The Morgan fingerprint density at radius 1 is 0.900 bits per heavy atom. The lowest BCUT2D eigenvalue weighted by Gasteiger charge is -2.18. The number of benzene rings is 2. The van der Waals surface area contributed by atoms with Crippen molar-refractivity contribution in [2.75, 3.05) is 0 Å². The van der Waals surface area contributed by atoms with Crippen LogP contribution in [-0.4, -0.2) is 16.7 Å². The summed E-state index contributed by atoms with van der Waals surface area (Å²) >= 11 is 0. The highest BCUT2D eigenvalue weighted by molar-refractivity contribution is 6.25. The lowest BCUT2D eigenvalue weighted by Crippen LogP contribution is -2.27. The summed E-state index contributed by atoms with van der Waals surface area (Å²) in [6.45, 7) is 5.87. The molecule has 1 aliphatic heterocycles. The molecular formula is C17H13NO2. The van der Waals surface area contributed by atoms with Gasteiger partial charge in [-0.2, -0.15) is 0 Å². The molecule has 20 heavy (non-hydrogen) atoms. The fraction of sp³-hybridized carbons (Fsp3) is 0.0588. The van der Waals surface area contributed by atoms with Crippen LogP contribution in [0.5, 0.6) is 0 Å². The smallest absolute Gasteiger partial charge is 0.266 e. The molecular weight excluding hydrogens is 250 g/mol. The first kappa shape index (κ1) is 12.4. The van der Waals surface area contributed by atoms with E-state index in [0.717, 1.165) is 16.0 Å². The summed E-state index contributed by atoms with van der Waals surface area (Å²) in [5, 5.41) is 0. The highest BCUT2D eigenvalue weighted by Crippen LogP contribution is 2.30. The van der Waals surface area contributed by atoms with Gasteiger partial charge in [0.2, 0.25) is 0 Å². The third kappa shape index (κ3) is 1.67. The van der Waals surface area contributed by atoms with Crippen LogP contribution in [0.3, 0.4) is 0 Å². The van der Waals surface area contributed by atoms with Gasteiger partial charge in [-0.3, -0.25) is 9.59 Å². The van der Waals surface area contributed by atoms with Crippen molar-refractivity contribution in [3.8, 4) is 0 Å². The van der Waals surface area contributed by atoms with E-state index in [4.69, 9.17) is 0 Å². The summed E-state index contributed by atoms with van der Waals surface area (Å²) in [7, 11) is 0. The topological polar surface area (TPSA) is 37.4 Å². The maximum absolute atomic E-state index is 12.4. The molecule has 0 aromatic heterocycles. The van der Waals surface area contributed by atoms with Gasteiger partial charge < -0.3 is 0 Å². The van der Waals surface area contributed by atoms with Crippen molar-refractivity contribution in [3.63, 3.8) is 0 Å². The van der Waals surface area contributed by atoms with Crippen LogP contribution >= 0.6 is 0 Å². The first-order chi connectivity index (χ1) is 9.61. The highest BCUT2D eigenvalue weighted by atomic mass is 16.2. The van der Waals surface area contributed by atoms with E-state index in [9.17, 15) is 9.59 Å². The summed E-state index contributed by atoms with van der Waals surface area (Å²) in [5.74, 6) is -0.613. The quantitative estimate of drug-likeness (QED) is 0.780. The molecule has 0 radical (unpaired) electrons. The Kier molecular flexibility index (Phi) is 2.75. The number of aryl methyl sites for hydroxylation is 1. The molecule has 0 bridgehead atoms. The van der Waals surface area contributed by atoms with Gasteiger partial charge in [0.05, 0.1) is 16.8 Å². The van der Waals surface area contributed by atoms with Crippen molar-refractivity contribution >= 4 is 17.5 Å². The number of carbonyl (C=O) groups excluding carboxylic acids is 2. The van der Waals surface area contributed by atoms with Crippen LogP contribution in [0.15, 0.2) is 55.1 Å². The van der Waals surface area contributed by atoms with E-state index in [-0.39, 0.29) is 11.8 Å². The van der Waals surface area contributed by atoms with Crippen LogP contribution in [0.25, 0.3) is 5.70 Å². The second-order valence-corrected chi connectivity index (χ2v) is 4.75. The second kappa shape index (κ2) is 4.46. The van der Waals surface area contributed by atoms with E-state index in [1.54, 1.807) is 24.3 Å². The molecule has 0 aliphatic carbocycles. The minimum Gasteiger partial charge on any atom is -0.268 e. The van der Waals surface area contributed by atoms with Gasteiger partial charge in [0.25, 0.3) is 11.8 Å². The summed E-state index contributed by atoms with van der Waals surface area (Å²) in [6, 6.07) is 14.4. The van der Waals surface area contributed by atoms with Crippen LogP contribution in [-0.2, 0) is 0 Å². The minimum atomic E-state index is -0.307. The predicted octanol–water partition coefficient (Wildman–Crippen LogP) is 3.26. The molecule has 3 heteroatoms. The fourth-order valence-corrected chi connectivity index (χ4v) is 2.45. The monoisotopic (exact) mass is 263 g/mol. The molecule has 0 spiro atoms. The Morgan fingerprint density at radius 2 is 1.40 bits per heavy atom. The molecule has 0 unspecified atom stereocenters. The Labute approximate surface area is 117 Å². The van der Waals surface area contributed by atoms with E-state index in [1.807, 2.05) is 31.2 Å². The Balaban J connectivity index is 2.06. The lowest BCUT2D eigenvalue weighted by molar-refractivity contribution is 0.0736. The number of hydrogen-bond acceptors (Lipinski definition) is 2. The number of imide groups is 1. The normalized spacial score (nSPS) is 13.6. The van der Waals surface area contributed by atoms with Gasteiger partial charge >= 0.3 is 0 Å². The number of amides is 2. The molecule has 2 aromatic rings. The van der Waals surface area contributed by atoms with Crippen LogP contribution in [0.2, 0.25) is 0 Å². The van der Waals surface area contributed by atoms with Gasteiger partial charge in [-0.1, -0.05) is 43.0 Å². The second-order valence-electron chi connectivity index (χ2n) is 4.75. The van der Waals surface area contributed by atoms with Gasteiger partial charge in [-0.05, 0) is 24.6 Å². The van der Waals surface area contributed by atoms with Crippen molar-refractivity contribution in [1.29, 1.82) is 0 Å². The SMILES string of the molecule is C=C(c1ccccc1C)N1C(=O)c2ccccc2C1=O. The fourth-order valence-electron chi connectivity index (χ4n) is 2.45. The van der Waals surface area contributed by atoms with E-state index in [2.05, 4.69) is 6.58 Å². The Hall–Kier alpha value is -2.68. The van der Waals surface area contributed by atoms with Gasteiger partial charge in [-0.25, -0.2) is 4.90 Å². The molecule has 2 aromatic carbocycles. The minimum absolute atomic E-state index is 0.307. The van der Waals surface area contributed by atoms with E-state index >= 15 is 0 Å². The zero-order chi connectivity index (χ0) is 14.3. The number of rotatable bonds is 2. The molecule has 3 rings (SSSR count). The van der Waals surface area contributed by atoms with Crippen LogP contribution in [0, 0.1) is 6.92 Å². The van der Waals surface area contributed by atoms with Gasteiger partial charge in [0.15, 0.2) is 0 Å². The van der Waals surface area contributed by atoms with Crippen molar-refractivity contribution in [1.82, 2.24) is 4.90 Å². The van der Waals surface area contributed by atoms with Gasteiger partial charge in [0.1, 0.15) is 0 Å². The van der Waals surface area contributed by atoms with Crippen molar-refractivity contribution < 1.29 is 9.59 Å². The Morgan fingerprint density at radius 3 is 1.95 bits per heavy atom. The molecule has 0 saturated heterocycles. The molecule has 0 fully saturated rings. The van der Waals surface area contributed by atoms with E-state index < -0.39 is 0 Å². The van der Waals surface area contributed by atoms with E-state index in [1.165, 1.54) is 0 Å². The maximum atomic E-state index is 12.4. The zero-order valence-corrected chi connectivity index (χ0v) is 11.1.